The van der Waals surface area contributed by atoms with Gasteiger partial charge >= 0.3 is 0 Å². The van der Waals surface area contributed by atoms with Crippen molar-refractivity contribution in [3.05, 3.63) is 54.4 Å². The van der Waals surface area contributed by atoms with E-state index in [1.54, 1.807) is 12.1 Å². The van der Waals surface area contributed by atoms with Gasteiger partial charge in [0.1, 0.15) is 11.6 Å². The second kappa shape index (κ2) is 8.62. The Balaban J connectivity index is 1.66. The third kappa shape index (κ3) is 4.57. The number of ether oxygens (including phenoxy) is 1. The number of para-hydroxylation sites is 2. The van der Waals surface area contributed by atoms with Crippen molar-refractivity contribution in [2.75, 3.05) is 7.11 Å². The van der Waals surface area contributed by atoms with E-state index in [2.05, 4.69) is 15.0 Å². The van der Waals surface area contributed by atoms with Crippen LogP contribution in [-0.2, 0) is 27.9 Å². The number of carbonyl (C=O) groups is 1. The Bertz CT molecular complexity index is 1110. The molecule has 0 saturated heterocycles. The van der Waals surface area contributed by atoms with Crippen LogP contribution >= 0.6 is 0 Å². The molecule has 1 heterocycles. The monoisotopic (exact) mass is 416 g/mol. The third-order valence-corrected chi connectivity index (χ3v) is 6.12. The number of sulfonamides is 1. The summed E-state index contributed by atoms with van der Waals surface area (Å²) in [6.45, 7) is 4.42. The van der Waals surface area contributed by atoms with Crippen LogP contribution in [0.5, 0.6) is 5.75 Å². The molecule has 2 N–H and O–H groups in total. The van der Waals surface area contributed by atoms with Crippen molar-refractivity contribution in [2.24, 2.45) is 0 Å². The lowest BCUT2D eigenvalue weighted by Gasteiger charge is -2.15. The Morgan fingerprint density at radius 3 is 2.52 bits per heavy atom. The number of nitrogens with zero attached hydrogens (tertiary/aromatic N) is 2. The number of rotatable bonds is 8. The first kappa shape index (κ1) is 20.8. The number of carbonyl (C=O) groups excluding carboxylic acids is 1. The molecule has 0 bridgehead atoms. The molecular formula is C20H24N4O4S. The zero-order valence-corrected chi connectivity index (χ0v) is 17.4. The fourth-order valence-corrected chi connectivity index (χ4v) is 4.24. The molecule has 1 amide bonds. The van der Waals surface area contributed by atoms with Crippen LogP contribution in [0.25, 0.3) is 11.0 Å². The summed E-state index contributed by atoms with van der Waals surface area (Å²) in [7, 11) is -2.33. The Morgan fingerprint density at radius 2 is 1.86 bits per heavy atom. The fourth-order valence-electron chi connectivity index (χ4n) is 3.04. The minimum absolute atomic E-state index is 0.0609. The molecule has 1 aromatic heterocycles. The molecule has 1 unspecified atom stereocenters. The van der Waals surface area contributed by atoms with Crippen LogP contribution in [0, 0.1) is 0 Å². The predicted molar refractivity (Wildman–Crippen MR) is 110 cm³/mol. The van der Waals surface area contributed by atoms with Crippen molar-refractivity contribution in [3.8, 4) is 5.75 Å². The lowest BCUT2D eigenvalue weighted by molar-refractivity contribution is -0.122. The van der Waals surface area contributed by atoms with Crippen LogP contribution in [0.4, 0.5) is 0 Å². The van der Waals surface area contributed by atoms with Gasteiger partial charge in [0.2, 0.25) is 15.9 Å². The maximum atomic E-state index is 12.5. The molecule has 0 fully saturated rings. The maximum Gasteiger partial charge on any atom is 0.241 e. The number of hydrogen-bond donors (Lipinski definition) is 2. The largest absolute Gasteiger partial charge is 0.497 e. The number of nitrogens with one attached hydrogen (secondary N) is 2. The smallest absolute Gasteiger partial charge is 0.241 e. The fraction of sp³-hybridized carbons (Fsp3) is 0.300. The van der Waals surface area contributed by atoms with Crippen LogP contribution < -0.4 is 14.8 Å². The van der Waals surface area contributed by atoms with E-state index in [-0.39, 0.29) is 11.4 Å². The Hall–Kier alpha value is -2.91. The Labute approximate surface area is 169 Å². The number of imidazole rings is 1. The van der Waals surface area contributed by atoms with Gasteiger partial charge in [-0.25, -0.2) is 13.4 Å². The first-order chi connectivity index (χ1) is 13.9. The molecule has 154 valence electrons. The molecule has 0 radical (unpaired) electrons. The lowest BCUT2D eigenvalue weighted by Crippen LogP contribution is -2.44. The first-order valence-electron chi connectivity index (χ1n) is 9.24. The summed E-state index contributed by atoms with van der Waals surface area (Å²) in [4.78, 5) is 17.1. The average Bonchev–Trinajstić information content (AvgIpc) is 3.09. The number of fused-ring (bicyclic) bond motifs is 1. The standard InChI is InChI=1S/C20H24N4O4S/c1-4-24-18-8-6-5-7-17(18)22-19(24)13-21-20(25)14(2)23-29(26,27)16-11-9-15(28-3)10-12-16/h5-12,14,23H,4,13H2,1-3H3,(H,21,25). The molecular weight excluding hydrogens is 392 g/mol. The third-order valence-electron chi connectivity index (χ3n) is 4.57. The van der Waals surface area contributed by atoms with Crippen molar-refractivity contribution in [1.29, 1.82) is 0 Å². The van der Waals surface area contributed by atoms with Gasteiger partial charge in [-0.1, -0.05) is 12.1 Å². The van der Waals surface area contributed by atoms with E-state index in [4.69, 9.17) is 4.74 Å². The highest BCUT2D eigenvalue weighted by atomic mass is 32.2. The molecule has 0 spiro atoms. The minimum atomic E-state index is -3.83. The van der Waals surface area contributed by atoms with Gasteiger partial charge < -0.3 is 14.6 Å². The molecule has 0 aliphatic carbocycles. The van der Waals surface area contributed by atoms with E-state index < -0.39 is 22.0 Å². The highest BCUT2D eigenvalue weighted by molar-refractivity contribution is 7.89. The molecule has 0 aliphatic rings. The number of aryl methyl sites for hydroxylation is 1. The molecule has 29 heavy (non-hydrogen) atoms. The zero-order valence-electron chi connectivity index (χ0n) is 16.5. The van der Waals surface area contributed by atoms with Gasteiger partial charge in [0, 0.05) is 6.54 Å². The summed E-state index contributed by atoms with van der Waals surface area (Å²) < 4.78 is 34.4. The van der Waals surface area contributed by atoms with Crippen LogP contribution in [-0.4, -0.2) is 37.0 Å². The van der Waals surface area contributed by atoms with Crippen molar-refractivity contribution in [1.82, 2.24) is 19.6 Å². The highest BCUT2D eigenvalue weighted by Gasteiger charge is 2.22. The summed E-state index contributed by atoms with van der Waals surface area (Å²) >= 11 is 0. The van der Waals surface area contributed by atoms with Crippen LogP contribution in [0.3, 0.4) is 0 Å². The van der Waals surface area contributed by atoms with E-state index in [1.807, 2.05) is 35.8 Å². The van der Waals surface area contributed by atoms with Gasteiger partial charge in [-0.3, -0.25) is 4.79 Å². The van der Waals surface area contributed by atoms with Gasteiger partial charge in [0.05, 0.1) is 35.6 Å². The lowest BCUT2D eigenvalue weighted by atomic mass is 10.3. The van der Waals surface area contributed by atoms with Gasteiger partial charge in [-0.15, -0.1) is 0 Å². The number of hydrogen-bond acceptors (Lipinski definition) is 5. The molecule has 3 rings (SSSR count). The average molecular weight is 417 g/mol. The predicted octanol–water partition coefficient (Wildman–Crippen LogP) is 2.05. The number of benzene rings is 2. The van der Waals surface area contributed by atoms with E-state index in [9.17, 15) is 13.2 Å². The molecule has 2 aromatic carbocycles. The number of amides is 1. The summed E-state index contributed by atoms with van der Waals surface area (Å²) in [5.41, 5.74) is 1.85. The SMILES string of the molecule is CCn1c(CNC(=O)C(C)NS(=O)(=O)c2ccc(OC)cc2)nc2ccccc21. The summed E-state index contributed by atoms with van der Waals surface area (Å²) in [6, 6.07) is 12.7. The summed E-state index contributed by atoms with van der Waals surface area (Å²) in [5, 5.41) is 2.76. The van der Waals surface area contributed by atoms with E-state index in [0.717, 1.165) is 11.0 Å². The van der Waals surface area contributed by atoms with Crippen LogP contribution in [0.1, 0.15) is 19.7 Å². The molecule has 0 aliphatic heterocycles. The Morgan fingerprint density at radius 1 is 1.17 bits per heavy atom. The summed E-state index contributed by atoms with van der Waals surface area (Å²) in [6.07, 6.45) is 0. The summed E-state index contributed by atoms with van der Waals surface area (Å²) in [5.74, 6) is 0.831. The van der Waals surface area contributed by atoms with Gasteiger partial charge in [-0.05, 0) is 50.2 Å². The Kier molecular flexibility index (Phi) is 6.19. The minimum Gasteiger partial charge on any atom is -0.497 e. The van der Waals surface area contributed by atoms with Crippen molar-refractivity contribution in [2.45, 2.75) is 37.9 Å². The van der Waals surface area contributed by atoms with Crippen LogP contribution in [0.2, 0.25) is 0 Å². The molecule has 8 nitrogen and oxygen atoms in total. The molecule has 1 atom stereocenters. The van der Waals surface area contributed by atoms with Gasteiger partial charge in [0.25, 0.3) is 0 Å². The molecule has 3 aromatic rings. The second-order valence-electron chi connectivity index (χ2n) is 6.50. The first-order valence-corrected chi connectivity index (χ1v) is 10.7. The molecule has 9 heteroatoms. The highest BCUT2D eigenvalue weighted by Crippen LogP contribution is 2.17. The van der Waals surface area contributed by atoms with Gasteiger partial charge in [-0.2, -0.15) is 4.72 Å². The van der Waals surface area contributed by atoms with E-state index in [0.29, 0.717) is 18.1 Å². The van der Waals surface area contributed by atoms with Crippen molar-refractivity contribution >= 4 is 27.0 Å². The number of methoxy groups -OCH3 is 1. The topological polar surface area (TPSA) is 102 Å². The van der Waals surface area contributed by atoms with Gasteiger partial charge in [0.15, 0.2) is 0 Å². The second-order valence-corrected chi connectivity index (χ2v) is 8.21. The zero-order chi connectivity index (χ0) is 21.0. The van der Waals surface area contributed by atoms with E-state index in [1.165, 1.54) is 26.2 Å². The van der Waals surface area contributed by atoms with Crippen molar-refractivity contribution in [3.63, 3.8) is 0 Å². The van der Waals surface area contributed by atoms with Crippen molar-refractivity contribution < 1.29 is 17.9 Å². The number of aromatic nitrogens is 2. The van der Waals surface area contributed by atoms with E-state index >= 15 is 0 Å². The maximum absolute atomic E-state index is 12.5. The van der Waals surface area contributed by atoms with Crippen LogP contribution in [0.15, 0.2) is 53.4 Å². The molecule has 0 saturated carbocycles. The quantitative estimate of drug-likeness (QED) is 0.585. The normalized spacial score (nSPS) is 12.7.